The molecule has 0 aliphatic heterocycles. The summed E-state index contributed by atoms with van der Waals surface area (Å²) in [7, 11) is 0. The van der Waals surface area contributed by atoms with Crippen LogP contribution in [0.15, 0.2) is 66.0 Å². The summed E-state index contributed by atoms with van der Waals surface area (Å²) in [4.78, 5) is 0. The number of allylic oxidation sites excluding steroid dienone is 1. The Kier molecular flexibility index (Phi) is 16.7. The van der Waals surface area contributed by atoms with Crippen LogP contribution in [0.3, 0.4) is 0 Å². The molecule has 0 radical (unpaired) electrons. The van der Waals surface area contributed by atoms with Gasteiger partial charge in [0.15, 0.2) is 0 Å². The summed E-state index contributed by atoms with van der Waals surface area (Å²) in [5.74, 6) is 1.03. The van der Waals surface area contributed by atoms with Crippen LogP contribution in [0.2, 0.25) is 0 Å². The number of nitrogens with two attached hydrogens (primary N) is 1. The van der Waals surface area contributed by atoms with Crippen molar-refractivity contribution in [3.05, 3.63) is 88.5 Å². The third-order valence-corrected chi connectivity index (χ3v) is 8.84. The lowest BCUT2D eigenvalue weighted by Crippen LogP contribution is -2.40. The van der Waals surface area contributed by atoms with Crippen molar-refractivity contribution in [2.75, 3.05) is 13.2 Å². The van der Waals surface area contributed by atoms with Crippen LogP contribution < -0.4 is 11.1 Å². The van der Waals surface area contributed by atoms with Crippen molar-refractivity contribution in [2.24, 2.45) is 17.6 Å². The van der Waals surface area contributed by atoms with Crippen LogP contribution in [0.4, 0.5) is 0 Å². The largest absolute Gasteiger partial charge is 0.508 e. The van der Waals surface area contributed by atoms with Crippen LogP contribution in [0.25, 0.3) is 12.2 Å². The lowest BCUT2D eigenvalue weighted by Gasteiger charge is -2.37. The van der Waals surface area contributed by atoms with Gasteiger partial charge in [0.1, 0.15) is 11.4 Å². The Labute approximate surface area is 289 Å². The standard InChI is InChI=1S/C36H51N5O3.C4H10/c1-27(2)21-24-44-36(3,4)31-13-9-6-10-14-32(35(31)37)38-22-23-41-34(20-17-28-11-7-5-8-12-28)33(39-40-41)26-43-25-29-15-18-30(42)19-16-29;1-3-4-2/h5,7-8,11-12,15-20,27,31,38,42H,6,9-10,13-14,21-26,37H2,1-4H3;3-4H2,1-2H3/b20-17+,35-32-;. The number of aromatic nitrogens is 3. The number of ether oxygens (including phenoxy) is 2. The third-order valence-electron chi connectivity index (χ3n) is 8.84. The van der Waals surface area contributed by atoms with Crippen molar-refractivity contribution >= 4 is 12.2 Å². The number of phenols is 1. The lowest BCUT2D eigenvalue weighted by atomic mass is 9.81. The van der Waals surface area contributed by atoms with E-state index in [9.17, 15) is 5.11 Å². The second kappa shape index (κ2) is 20.7. The highest BCUT2D eigenvalue weighted by atomic mass is 16.5. The molecule has 0 fully saturated rings. The maximum absolute atomic E-state index is 9.55. The second-order valence-electron chi connectivity index (χ2n) is 13.7. The third kappa shape index (κ3) is 13.1. The highest BCUT2D eigenvalue weighted by molar-refractivity contribution is 5.68. The Morgan fingerprint density at radius 1 is 1.00 bits per heavy atom. The summed E-state index contributed by atoms with van der Waals surface area (Å²) in [5.41, 5.74) is 12.4. The zero-order chi connectivity index (χ0) is 34.8. The van der Waals surface area contributed by atoms with Gasteiger partial charge in [0.25, 0.3) is 0 Å². The van der Waals surface area contributed by atoms with E-state index in [1.807, 2.05) is 35.0 Å². The number of aromatic hydroxyl groups is 1. The summed E-state index contributed by atoms with van der Waals surface area (Å²) in [6.07, 6.45) is 13.3. The lowest BCUT2D eigenvalue weighted by molar-refractivity contribution is -0.0572. The predicted octanol–water partition coefficient (Wildman–Crippen LogP) is 8.86. The van der Waals surface area contributed by atoms with Gasteiger partial charge in [-0.2, -0.15) is 0 Å². The highest BCUT2D eigenvalue weighted by Crippen LogP contribution is 2.34. The van der Waals surface area contributed by atoms with Gasteiger partial charge in [-0.15, -0.1) is 5.10 Å². The van der Waals surface area contributed by atoms with E-state index in [4.69, 9.17) is 15.2 Å². The molecule has 2 aromatic carbocycles. The molecular weight excluding hydrogens is 598 g/mol. The Hall–Kier alpha value is -3.62. The van der Waals surface area contributed by atoms with Gasteiger partial charge < -0.3 is 25.6 Å². The van der Waals surface area contributed by atoms with E-state index in [1.165, 1.54) is 25.7 Å². The van der Waals surface area contributed by atoms with Gasteiger partial charge in [-0.3, -0.25) is 0 Å². The fourth-order valence-corrected chi connectivity index (χ4v) is 5.62. The van der Waals surface area contributed by atoms with E-state index in [2.05, 4.69) is 81.5 Å². The van der Waals surface area contributed by atoms with Crippen LogP contribution >= 0.6 is 0 Å². The van der Waals surface area contributed by atoms with E-state index < -0.39 is 0 Å². The molecule has 0 saturated carbocycles. The first-order chi connectivity index (χ1) is 23.1. The average molecular weight is 660 g/mol. The molecule has 3 aromatic rings. The Bertz CT molecular complexity index is 1380. The van der Waals surface area contributed by atoms with E-state index in [0.717, 1.165) is 66.2 Å². The SMILES string of the molecule is CC(C)CCOC(C)(C)C1CCCCC/C(NCCn2nnc(COCc3ccc(O)cc3)c2/C=C/c2ccccc2)=C\1N.CCCC. The summed E-state index contributed by atoms with van der Waals surface area (Å²) in [5, 5.41) is 22.2. The number of unbranched alkanes of at least 4 members (excludes halogenated alkanes) is 1. The summed E-state index contributed by atoms with van der Waals surface area (Å²) < 4.78 is 14.3. The number of nitrogens with one attached hydrogen (secondary N) is 1. The van der Waals surface area contributed by atoms with Crippen molar-refractivity contribution in [3.8, 4) is 5.75 Å². The normalized spacial score (nSPS) is 17.2. The van der Waals surface area contributed by atoms with Gasteiger partial charge in [0.05, 0.1) is 31.1 Å². The van der Waals surface area contributed by atoms with Gasteiger partial charge in [-0.1, -0.05) is 107 Å². The maximum atomic E-state index is 9.55. The van der Waals surface area contributed by atoms with Gasteiger partial charge in [-0.25, -0.2) is 4.68 Å². The average Bonchev–Trinajstić information content (AvgIpc) is 3.45. The minimum absolute atomic E-state index is 0.172. The number of hydrogen-bond acceptors (Lipinski definition) is 7. The molecule has 1 aromatic heterocycles. The summed E-state index contributed by atoms with van der Waals surface area (Å²) in [6, 6.07) is 17.2. The van der Waals surface area contributed by atoms with Crippen LogP contribution in [-0.4, -0.2) is 38.9 Å². The minimum Gasteiger partial charge on any atom is -0.508 e. The molecule has 1 atom stereocenters. The van der Waals surface area contributed by atoms with Gasteiger partial charge in [0, 0.05) is 30.5 Å². The van der Waals surface area contributed by atoms with Crippen molar-refractivity contribution in [2.45, 2.75) is 118 Å². The van der Waals surface area contributed by atoms with Crippen LogP contribution in [0.1, 0.15) is 115 Å². The molecule has 0 bridgehead atoms. The van der Waals surface area contributed by atoms with E-state index in [0.29, 0.717) is 32.2 Å². The maximum Gasteiger partial charge on any atom is 0.116 e. The molecule has 4 rings (SSSR count). The van der Waals surface area contributed by atoms with Crippen molar-refractivity contribution in [3.63, 3.8) is 0 Å². The van der Waals surface area contributed by atoms with Crippen LogP contribution in [0, 0.1) is 11.8 Å². The Morgan fingerprint density at radius 3 is 2.42 bits per heavy atom. The molecule has 48 heavy (non-hydrogen) atoms. The minimum atomic E-state index is -0.320. The number of hydrogen-bond donors (Lipinski definition) is 3. The number of benzene rings is 2. The zero-order valence-electron chi connectivity index (χ0n) is 30.4. The molecule has 4 N–H and O–H groups in total. The van der Waals surface area contributed by atoms with Crippen molar-refractivity contribution in [1.29, 1.82) is 0 Å². The molecule has 8 heteroatoms. The smallest absolute Gasteiger partial charge is 0.116 e. The quantitative estimate of drug-likeness (QED) is 0.141. The number of nitrogens with zero attached hydrogens (tertiary/aromatic N) is 3. The number of rotatable bonds is 16. The second-order valence-corrected chi connectivity index (χ2v) is 13.7. The first-order valence-corrected chi connectivity index (χ1v) is 18.0. The van der Waals surface area contributed by atoms with E-state index in [1.54, 1.807) is 12.1 Å². The Morgan fingerprint density at radius 2 is 1.73 bits per heavy atom. The molecule has 1 heterocycles. The molecule has 1 aliphatic carbocycles. The van der Waals surface area contributed by atoms with E-state index >= 15 is 0 Å². The molecule has 264 valence electrons. The highest BCUT2D eigenvalue weighted by Gasteiger charge is 2.34. The van der Waals surface area contributed by atoms with Crippen LogP contribution in [-0.2, 0) is 29.2 Å². The summed E-state index contributed by atoms with van der Waals surface area (Å²) in [6.45, 7) is 16.0. The predicted molar refractivity (Wildman–Crippen MR) is 198 cm³/mol. The van der Waals surface area contributed by atoms with Gasteiger partial charge in [0.2, 0.25) is 0 Å². The molecule has 8 nitrogen and oxygen atoms in total. The first kappa shape index (κ1) is 38.8. The van der Waals surface area contributed by atoms with Crippen molar-refractivity contribution in [1.82, 2.24) is 20.3 Å². The molecule has 0 saturated heterocycles. The number of phenolic OH excluding ortho intramolecular Hbond substituents is 1. The zero-order valence-corrected chi connectivity index (χ0v) is 30.4. The first-order valence-electron chi connectivity index (χ1n) is 18.0. The monoisotopic (exact) mass is 659 g/mol. The molecule has 0 spiro atoms. The molecule has 1 aliphatic rings. The topological polar surface area (TPSA) is 107 Å². The van der Waals surface area contributed by atoms with Crippen molar-refractivity contribution < 1.29 is 14.6 Å². The van der Waals surface area contributed by atoms with Crippen LogP contribution in [0.5, 0.6) is 5.75 Å². The molecule has 0 amide bonds. The Balaban J connectivity index is 0.00000148. The van der Waals surface area contributed by atoms with Gasteiger partial charge >= 0.3 is 0 Å². The van der Waals surface area contributed by atoms with E-state index in [-0.39, 0.29) is 17.3 Å². The fraction of sp³-hybridized carbons (Fsp3) is 0.550. The fourth-order valence-electron chi connectivity index (χ4n) is 5.62. The summed E-state index contributed by atoms with van der Waals surface area (Å²) >= 11 is 0. The van der Waals surface area contributed by atoms with Gasteiger partial charge in [-0.05, 0) is 74.8 Å². The molecular formula is C40H61N5O3. The molecule has 1 unspecified atom stereocenters.